The average Bonchev–Trinajstić information content (AvgIpc) is 2.19. The van der Waals surface area contributed by atoms with Crippen LogP contribution in [0.3, 0.4) is 0 Å². The predicted octanol–water partition coefficient (Wildman–Crippen LogP) is 0.810. The maximum absolute atomic E-state index is 11.5. The zero-order valence-corrected chi connectivity index (χ0v) is 8.83. The van der Waals surface area contributed by atoms with Crippen molar-refractivity contribution in [3.05, 3.63) is 0 Å². The van der Waals surface area contributed by atoms with Crippen LogP contribution in [-0.2, 0) is 0 Å². The van der Waals surface area contributed by atoms with Gasteiger partial charge in [0, 0.05) is 26.2 Å². The van der Waals surface area contributed by atoms with Gasteiger partial charge in [-0.3, -0.25) is 0 Å². The van der Waals surface area contributed by atoms with Crippen molar-refractivity contribution in [2.75, 3.05) is 26.2 Å². The molecule has 0 saturated carbocycles. The SMILES string of the molecule is CC1CCN(C(=O)NCCCO)CC1. The van der Waals surface area contributed by atoms with Gasteiger partial charge in [0.05, 0.1) is 0 Å². The Balaban J connectivity index is 2.17. The summed E-state index contributed by atoms with van der Waals surface area (Å²) in [5, 5.41) is 11.4. The van der Waals surface area contributed by atoms with E-state index in [1.165, 1.54) is 0 Å². The summed E-state index contributed by atoms with van der Waals surface area (Å²) in [6.45, 7) is 4.66. The number of carbonyl (C=O) groups excluding carboxylic acids is 1. The summed E-state index contributed by atoms with van der Waals surface area (Å²) in [5.41, 5.74) is 0. The number of aliphatic hydroxyl groups excluding tert-OH is 1. The van der Waals surface area contributed by atoms with E-state index in [9.17, 15) is 4.79 Å². The van der Waals surface area contributed by atoms with Crippen LogP contribution in [-0.4, -0.2) is 42.3 Å². The normalized spacial score (nSPS) is 18.3. The minimum Gasteiger partial charge on any atom is -0.396 e. The van der Waals surface area contributed by atoms with E-state index in [1.54, 1.807) is 0 Å². The lowest BCUT2D eigenvalue weighted by atomic mass is 10.00. The molecule has 14 heavy (non-hydrogen) atoms. The number of carbonyl (C=O) groups is 1. The summed E-state index contributed by atoms with van der Waals surface area (Å²) in [7, 11) is 0. The summed E-state index contributed by atoms with van der Waals surface area (Å²) in [6.07, 6.45) is 2.84. The Kier molecular flexibility index (Phi) is 4.73. The summed E-state index contributed by atoms with van der Waals surface area (Å²) in [4.78, 5) is 13.4. The molecule has 1 rings (SSSR count). The molecule has 1 saturated heterocycles. The van der Waals surface area contributed by atoms with Gasteiger partial charge in [0.2, 0.25) is 0 Å². The molecule has 0 aromatic heterocycles. The predicted molar refractivity (Wildman–Crippen MR) is 55.1 cm³/mol. The summed E-state index contributed by atoms with van der Waals surface area (Å²) in [6, 6.07) is 0.0188. The second-order valence-corrected chi connectivity index (χ2v) is 3.98. The van der Waals surface area contributed by atoms with E-state index in [-0.39, 0.29) is 12.6 Å². The molecule has 2 N–H and O–H groups in total. The number of aliphatic hydroxyl groups is 1. The first-order chi connectivity index (χ1) is 6.74. The van der Waals surface area contributed by atoms with Gasteiger partial charge in [0.1, 0.15) is 0 Å². The van der Waals surface area contributed by atoms with E-state index >= 15 is 0 Å². The molecule has 0 aliphatic carbocycles. The van der Waals surface area contributed by atoms with Crippen LogP contribution in [0.1, 0.15) is 26.2 Å². The molecule has 1 aliphatic rings. The van der Waals surface area contributed by atoms with Crippen molar-refractivity contribution >= 4 is 6.03 Å². The van der Waals surface area contributed by atoms with Crippen molar-refractivity contribution in [1.82, 2.24) is 10.2 Å². The van der Waals surface area contributed by atoms with Crippen LogP contribution >= 0.6 is 0 Å². The van der Waals surface area contributed by atoms with Crippen molar-refractivity contribution in [1.29, 1.82) is 0 Å². The van der Waals surface area contributed by atoms with Gasteiger partial charge in [-0.15, -0.1) is 0 Å². The van der Waals surface area contributed by atoms with Gasteiger partial charge in [-0.2, -0.15) is 0 Å². The van der Waals surface area contributed by atoms with Crippen LogP contribution in [0.25, 0.3) is 0 Å². The number of rotatable bonds is 3. The molecule has 82 valence electrons. The highest BCUT2D eigenvalue weighted by Gasteiger charge is 2.19. The summed E-state index contributed by atoms with van der Waals surface area (Å²) in [5.74, 6) is 0.747. The first-order valence-electron chi connectivity index (χ1n) is 5.37. The molecule has 1 fully saturated rings. The lowest BCUT2D eigenvalue weighted by molar-refractivity contribution is 0.173. The highest BCUT2D eigenvalue weighted by Crippen LogP contribution is 2.15. The third-order valence-electron chi connectivity index (χ3n) is 2.68. The van der Waals surface area contributed by atoms with E-state index in [2.05, 4.69) is 12.2 Å². The topological polar surface area (TPSA) is 52.6 Å². The molecule has 0 spiro atoms. The number of amides is 2. The highest BCUT2D eigenvalue weighted by atomic mass is 16.3. The number of likely N-dealkylation sites (tertiary alicyclic amines) is 1. The van der Waals surface area contributed by atoms with Crippen molar-refractivity contribution in [2.24, 2.45) is 5.92 Å². The van der Waals surface area contributed by atoms with Gasteiger partial charge in [-0.1, -0.05) is 6.92 Å². The van der Waals surface area contributed by atoms with Crippen LogP contribution < -0.4 is 5.32 Å². The Bertz CT molecular complexity index is 177. The van der Waals surface area contributed by atoms with Gasteiger partial charge in [-0.05, 0) is 25.2 Å². The molecule has 0 atom stereocenters. The molecule has 0 aromatic rings. The molecular formula is C10H20N2O2. The Morgan fingerprint density at radius 2 is 2.14 bits per heavy atom. The third-order valence-corrected chi connectivity index (χ3v) is 2.68. The van der Waals surface area contributed by atoms with Gasteiger partial charge >= 0.3 is 6.03 Å². The maximum atomic E-state index is 11.5. The van der Waals surface area contributed by atoms with Crippen molar-refractivity contribution < 1.29 is 9.90 Å². The van der Waals surface area contributed by atoms with Gasteiger partial charge in [0.25, 0.3) is 0 Å². The first kappa shape index (κ1) is 11.3. The number of urea groups is 1. The molecule has 2 amide bonds. The molecule has 0 radical (unpaired) electrons. The molecule has 1 aliphatic heterocycles. The lowest BCUT2D eigenvalue weighted by Gasteiger charge is -2.30. The van der Waals surface area contributed by atoms with Crippen molar-refractivity contribution in [3.63, 3.8) is 0 Å². The first-order valence-corrected chi connectivity index (χ1v) is 5.37. The Labute approximate surface area is 85.3 Å². The number of piperidine rings is 1. The van der Waals surface area contributed by atoms with Crippen molar-refractivity contribution in [3.8, 4) is 0 Å². The summed E-state index contributed by atoms with van der Waals surface area (Å²) >= 11 is 0. The maximum Gasteiger partial charge on any atom is 0.317 e. The zero-order valence-electron chi connectivity index (χ0n) is 8.83. The number of hydrogen-bond donors (Lipinski definition) is 2. The number of nitrogens with one attached hydrogen (secondary N) is 1. The second kappa shape index (κ2) is 5.86. The van der Waals surface area contributed by atoms with E-state index in [0.717, 1.165) is 31.8 Å². The molecular weight excluding hydrogens is 180 g/mol. The molecule has 4 nitrogen and oxygen atoms in total. The minimum absolute atomic E-state index is 0.0188. The standard InChI is InChI=1S/C10H20N2O2/c1-9-3-6-12(7-4-9)10(14)11-5-2-8-13/h9,13H,2-8H2,1H3,(H,11,14). The Morgan fingerprint density at radius 1 is 1.50 bits per heavy atom. The number of hydrogen-bond acceptors (Lipinski definition) is 2. The third kappa shape index (κ3) is 3.54. The van der Waals surface area contributed by atoms with Crippen LogP contribution in [0.15, 0.2) is 0 Å². The molecule has 0 bridgehead atoms. The molecule has 1 heterocycles. The highest BCUT2D eigenvalue weighted by molar-refractivity contribution is 5.74. The van der Waals surface area contributed by atoms with Crippen LogP contribution in [0.2, 0.25) is 0 Å². The van der Waals surface area contributed by atoms with Gasteiger partial charge < -0.3 is 15.3 Å². The quantitative estimate of drug-likeness (QED) is 0.662. The van der Waals surface area contributed by atoms with E-state index in [0.29, 0.717) is 13.0 Å². The second-order valence-electron chi connectivity index (χ2n) is 3.98. The molecule has 0 unspecified atom stereocenters. The van der Waals surface area contributed by atoms with Crippen LogP contribution in [0.4, 0.5) is 4.79 Å². The minimum atomic E-state index is 0.0188. The van der Waals surface area contributed by atoms with E-state index in [1.807, 2.05) is 4.90 Å². The van der Waals surface area contributed by atoms with E-state index < -0.39 is 0 Å². The monoisotopic (exact) mass is 200 g/mol. The molecule has 0 aromatic carbocycles. The fourth-order valence-electron chi connectivity index (χ4n) is 1.60. The largest absolute Gasteiger partial charge is 0.396 e. The van der Waals surface area contributed by atoms with Crippen molar-refractivity contribution in [2.45, 2.75) is 26.2 Å². The van der Waals surface area contributed by atoms with Crippen LogP contribution in [0, 0.1) is 5.92 Å². The summed E-state index contributed by atoms with van der Waals surface area (Å²) < 4.78 is 0. The van der Waals surface area contributed by atoms with Gasteiger partial charge in [-0.25, -0.2) is 4.79 Å². The van der Waals surface area contributed by atoms with E-state index in [4.69, 9.17) is 5.11 Å². The molecule has 4 heteroatoms. The van der Waals surface area contributed by atoms with Gasteiger partial charge in [0.15, 0.2) is 0 Å². The number of nitrogens with zero attached hydrogens (tertiary/aromatic N) is 1. The fraction of sp³-hybridized carbons (Fsp3) is 0.900. The Morgan fingerprint density at radius 3 is 2.71 bits per heavy atom. The van der Waals surface area contributed by atoms with Crippen LogP contribution in [0.5, 0.6) is 0 Å². The smallest absolute Gasteiger partial charge is 0.317 e. The lowest BCUT2D eigenvalue weighted by Crippen LogP contribution is -2.44. The Hall–Kier alpha value is -0.770. The fourth-order valence-corrected chi connectivity index (χ4v) is 1.60. The zero-order chi connectivity index (χ0) is 10.4. The average molecular weight is 200 g/mol.